The number of benzene rings is 1. The van der Waals surface area contributed by atoms with E-state index in [0.717, 1.165) is 48.2 Å². The van der Waals surface area contributed by atoms with Gasteiger partial charge < -0.3 is 5.32 Å². The summed E-state index contributed by atoms with van der Waals surface area (Å²) in [6.07, 6.45) is 6.14. The van der Waals surface area contributed by atoms with Crippen molar-refractivity contribution < 1.29 is 0 Å². The molecule has 0 bridgehead atoms. The maximum absolute atomic E-state index is 4.90. The fraction of sp³-hybridized carbons (Fsp3) is 0.350. The fourth-order valence-corrected chi connectivity index (χ4v) is 5.05. The van der Waals surface area contributed by atoms with Gasteiger partial charge in [-0.25, -0.2) is 9.97 Å². The second-order valence-corrected chi connectivity index (χ2v) is 8.21. The van der Waals surface area contributed by atoms with Crippen LogP contribution in [-0.4, -0.2) is 26.1 Å². The summed E-state index contributed by atoms with van der Waals surface area (Å²) >= 11 is 1.83. The third kappa shape index (κ3) is 2.65. The van der Waals surface area contributed by atoms with Crippen LogP contribution in [0.4, 0.5) is 5.95 Å². The maximum Gasteiger partial charge on any atom is 0.227 e. The Hall–Kier alpha value is -2.47. The van der Waals surface area contributed by atoms with Crippen LogP contribution in [0.5, 0.6) is 0 Å². The molecular weight excluding hydrogens is 342 g/mol. The first-order valence-corrected chi connectivity index (χ1v) is 10.0. The molecule has 0 saturated heterocycles. The predicted molar refractivity (Wildman–Crippen MR) is 106 cm³/mol. The molecule has 26 heavy (non-hydrogen) atoms. The maximum atomic E-state index is 4.90. The molecule has 0 fully saturated rings. The number of aryl methyl sites for hydroxylation is 1. The highest BCUT2D eigenvalue weighted by molar-refractivity contribution is 7.19. The number of aromatic nitrogens is 4. The summed E-state index contributed by atoms with van der Waals surface area (Å²) in [6, 6.07) is 10.5. The zero-order chi connectivity index (χ0) is 17.5. The van der Waals surface area contributed by atoms with Gasteiger partial charge in [0.15, 0.2) is 5.65 Å². The Morgan fingerprint density at radius 1 is 1.27 bits per heavy atom. The van der Waals surface area contributed by atoms with Crippen molar-refractivity contribution in [3.05, 3.63) is 52.7 Å². The van der Waals surface area contributed by atoms with E-state index in [0.29, 0.717) is 0 Å². The summed E-state index contributed by atoms with van der Waals surface area (Å²) < 4.78 is 1.86. The predicted octanol–water partition coefficient (Wildman–Crippen LogP) is 4.12. The van der Waals surface area contributed by atoms with E-state index in [1.807, 2.05) is 21.9 Å². The average molecular weight is 363 g/mol. The first-order valence-electron chi connectivity index (χ1n) is 9.21. The van der Waals surface area contributed by atoms with Crippen LogP contribution in [0.3, 0.4) is 0 Å². The van der Waals surface area contributed by atoms with Crippen molar-refractivity contribution in [2.75, 3.05) is 11.9 Å². The Morgan fingerprint density at radius 3 is 3.04 bits per heavy atom. The molecule has 0 unspecified atom stereocenters. The van der Waals surface area contributed by atoms with Gasteiger partial charge in [-0.05, 0) is 42.7 Å². The number of anilines is 1. The first-order chi connectivity index (χ1) is 12.8. The quantitative estimate of drug-likeness (QED) is 0.593. The molecule has 4 aromatic rings. The van der Waals surface area contributed by atoms with Crippen molar-refractivity contribution in [2.45, 2.75) is 32.6 Å². The highest BCUT2D eigenvalue weighted by atomic mass is 32.1. The molecule has 132 valence electrons. The van der Waals surface area contributed by atoms with Gasteiger partial charge in [0, 0.05) is 11.4 Å². The van der Waals surface area contributed by atoms with Gasteiger partial charge in [-0.15, -0.1) is 11.3 Å². The van der Waals surface area contributed by atoms with Crippen LogP contribution in [-0.2, 0) is 19.3 Å². The van der Waals surface area contributed by atoms with E-state index in [1.54, 1.807) is 6.33 Å². The largest absolute Gasteiger partial charge is 0.354 e. The Bertz CT molecular complexity index is 1070. The van der Waals surface area contributed by atoms with Crippen molar-refractivity contribution >= 4 is 33.1 Å². The lowest BCUT2D eigenvalue weighted by molar-refractivity contribution is 0.508. The number of hydrogen-bond acceptors (Lipinski definition) is 5. The Morgan fingerprint density at radius 2 is 2.15 bits per heavy atom. The molecule has 1 aliphatic rings. The lowest BCUT2D eigenvalue weighted by atomic mass is 9.89. The molecule has 1 N–H and O–H groups in total. The molecule has 6 heteroatoms. The molecule has 0 radical (unpaired) electrons. The first kappa shape index (κ1) is 15.8. The molecule has 1 aromatic carbocycles. The average Bonchev–Trinajstić information content (AvgIpc) is 3.26. The Kier molecular flexibility index (Phi) is 3.85. The lowest BCUT2D eigenvalue weighted by Crippen LogP contribution is -2.12. The minimum absolute atomic E-state index is 0.729. The minimum atomic E-state index is 0.729. The number of nitrogens with zero attached hydrogens (tertiary/aromatic N) is 4. The highest BCUT2D eigenvalue weighted by Crippen LogP contribution is 2.39. The van der Waals surface area contributed by atoms with Crippen LogP contribution >= 0.6 is 11.3 Å². The number of nitrogens with one attached hydrogen (secondary N) is 1. The van der Waals surface area contributed by atoms with Gasteiger partial charge in [0.2, 0.25) is 5.95 Å². The number of thiophene rings is 1. The number of hydrogen-bond donors (Lipinski definition) is 1. The van der Waals surface area contributed by atoms with Crippen LogP contribution in [0.1, 0.15) is 29.3 Å². The van der Waals surface area contributed by atoms with Crippen LogP contribution < -0.4 is 5.32 Å². The molecule has 0 saturated carbocycles. The van der Waals surface area contributed by atoms with Crippen LogP contribution in [0.2, 0.25) is 0 Å². The molecule has 5 nitrogen and oxygen atoms in total. The van der Waals surface area contributed by atoms with Crippen molar-refractivity contribution in [3.8, 4) is 0 Å². The lowest BCUT2D eigenvalue weighted by Gasteiger charge is -2.17. The van der Waals surface area contributed by atoms with Gasteiger partial charge in [0.05, 0.1) is 5.39 Å². The molecule has 3 heterocycles. The summed E-state index contributed by atoms with van der Waals surface area (Å²) in [6.45, 7) is 3.15. The fourth-order valence-electron chi connectivity index (χ4n) is 3.84. The molecule has 5 rings (SSSR count). The highest BCUT2D eigenvalue weighted by Gasteiger charge is 2.24. The zero-order valence-electron chi connectivity index (χ0n) is 14.8. The summed E-state index contributed by atoms with van der Waals surface area (Å²) in [5, 5.41) is 9.10. The molecule has 1 aliphatic carbocycles. The smallest absolute Gasteiger partial charge is 0.227 e. The van der Waals surface area contributed by atoms with Crippen LogP contribution in [0, 0.1) is 5.92 Å². The molecule has 0 amide bonds. The molecule has 3 aromatic heterocycles. The molecule has 0 aliphatic heterocycles. The summed E-state index contributed by atoms with van der Waals surface area (Å²) in [5.41, 5.74) is 3.70. The van der Waals surface area contributed by atoms with Gasteiger partial charge in [0.1, 0.15) is 11.2 Å². The van der Waals surface area contributed by atoms with E-state index in [-0.39, 0.29) is 0 Å². The second-order valence-electron chi connectivity index (χ2n) is 7.13. The monoisotopic (exact) mass is 363 g/mol. The normalized spacial score (nSPS) is 16.9. The molecular formula is C20H21N5S. The Balaban J connectivity index is 1.51. The van der Waals surface area contributed by atoms with Crippen molar-refractivity contribution in [3.63, 3.8) is 0 Å². The van der Waals surface area contributed by atoms with E-state index in [1.165, 1.54) is 27.8 Å². The van der Waals surface area contributed by atoms with E-state index in [4.69, 9.17) is 4.98 Å². The SMILES string of the molecule is C[C@@H]1CCc2sc3nc(NCCc4ccccc4)n4ncnc4c3c2C1. The second kappa shape index (κ2) is 6.36. The zero-order valence-corrected chi connectivity index (χ0v) is 15.6. The summed E-state index contributed by atoms with van der Waals surface area (Å²) in [4.78, 5) is 12.0. The van der Waals surface area contributed by atoms with E-state index < -0.39 is 0 Å². The van der Waals surface area contributed by atoms with Crippen molar-refractivity contribution in [1.29, 1.82) is 0 Å². The Labute approximate surface area is 156 Å². The number of rotatable bonds is 4. The topological polar surface area (TPSA) is 55.1 Å². The van der Waals surface area contributed by atoms with Gasteiger partial charge in [-0.2, -0.15) is 9.61 Å². The van der Waals surface area contributed by atoms with Gasteiger partial charge in [-0.3, -0.25) is 0 Å². The minimum Gasteiger partial charge on any atom is -0.354 e. The number of fused-ring (bicyclic) bond motifs is 5. The van der Waals surface area contributed by atoms with Gasteiger partial charge in [-0.1, -0.05) is 37.3 Å². The van der Waals surface area contributed by atoms with Crippen molar-refractivity contribution in [2.24, 2.45) is 5.92 Å². The van der Waals surface area contributed by atoms with Crippen molar-refractivity contribution in [1.82, 2.24) is 19.6 Å². The summed E-state index contributed by atoms with van der Waals surface area (Å²) in [7, 11) is 0. The van der Waals surface area contributed by atoms with E-state index in [9.17, 15) is 0 Å². The van der Waals surface area contributed by atoms with Gasteiger partial charge >= 0.3 is 0 Å². The van der Waals surface area contributed by atoms with Crippen LogP contribution in [0.25, 0.3) is 15.9 Å². The standard InChI is InChI=1S/C20H21N5S/c1-13-7-8-16-15(11-13)17-18-22-12-23-25(18)20(24-19(17)26-16)21-10-9-14-5-3-2-4-6-14/h2-6,12-13H,7-11H2,1H3,(H,21,24)/t13-/m1/s1. The van der Waals surface area contributed by atoms with E-state index in [2.05, 4.69) is 46.6 Å². The van der Waals surface area contributed by atoms with E-state index >= 15 is 0 Å². The van der Waals surface area contributed by atoms with Gasteiger partial charge in [0.25, 0.3) is 0 Å². The van der Waals surface area contributed by atoms with Crippen LogP contribution in [0.15, 0.2) is 36.7 Å². The third-order valence-electron chi connectivity index (χ3n) is 5.21. The summed E-state index contributed by atoms with van der Waals surface area (Å²) in [5.74, 6) is 1.51. The third-order valence-corrected chi connectivity index (χ3v) is 6.39. The molecule has 0 spiro atoms. The molecule has 1 atom stereocenters.